The molecular formula is C27H36N4O3. The van der Waals surface area contributed by atoms with Crippen LogP contribution in [0.3, 0.4) is 0 Å². The van der Waals surface area contributed by atoms with Crippen LogP contribution in [0.4, 0.5) is 0 Å². The summed E-state index contributed by atoms with van der Waals surface area (Å²) in [6, 6.07) is 9.28. The van der Waals surface area contributed by atoms with Gasteiger partial charge in [-0.1, -0.05) is 31.6 Å². The third-order valence-electron chi connectivity index (χ3n) is 7.09. The third kappa shape index (κ3) is 5.36. The summed E-state index contributed by atoms with van der Waals surface area (Å²) in [5.41, 5.74) is 3.95. The molecule has 0 saturated heterocycles. The predicted octanol–water partition coefficient (Wildman–Crippen LogP) is 4.87. The smallest absolute Gasteiger partial charge is 0.215 e. The van der Waals surface area contributed by atoms with E-state index >= 15 is 0 Å². The normalized spacial score (nSPS) is 20.5. The molecule has 4 rings (SSSR count). The van der Waals surface area contributed by atoms with E-state index in [1.165, 1.54) is 5.57 Å². The molecule has 2 aromatic heterocycles. The zero-order valence-corrected chi connectivity index (χ0v) is 20.8. The second-order valence-electron chi connectivity index (χ2n) is 9.65. The number of allylic oxidation sites excluding steroid dienone is 1. The van der Waals surface area contributed by atoms with E-state index in [4.69, 9.17) is 14.5 Å². The van der Waals surface area contributed by atoms with Crippen molar-refractivity contribution in [2.45, 2.75) is 40.2 Å². The zero-order valence-electron chi connectivity index (χ0n) is 20.8. The van der Waals surface area contributed by atoms with Gasteiger partial charge >= 0.3 is 0 Å². The van der Waals surface area contributed by atoms with Crippen LogP contribution < -0.4 is 14.8 Å². The molecule has 3 atom stereocenters. The first-order valence-corrected chi connectivity index (χ1v) is 12.0. The van der Waals surface area contributed by atoms with Crippen LogP contribution in [-0.2, 0) is 13.0 Å². The topological polar surface area (TPSA) is 92.3 Å². The highest BCUT2D eigenvalue weighted by atomic mass is 16.5. The molecule has 1 aromatic carbocycles. The lowest BCUT2D eigenvalue weighted by molar-refractivity contribution is 0.221. The van der Waals surface area contributed by atoms with Crippen LogP contribution in [-0.4, -0.2) is 40.8 Å². The third-order valence-corrected chi connectivity index (χ3v) is 7.09. The van der Waals surface area contributed by atoms with Crippen molar-refractivity contribution in [2.24, 2.45) is 23.7 Å². The van der Waals surface area contributed by atoms with Crippen molar-refractivity contribution in [1.29, 1.82) is 0 Å². The first-order valence-electron chi connectivity index (χ1n) is 12.0. The van der Waals surface area contributed by atoms with Gasteiger partial charge in [0, 0.05) is 37.2 Å². The number of aromatic nitrogens is 3. The number of hydrogen-bond donors (Lipinski definition) is 3. The summed E-state index contributed by atoms with van der Waals surface area (Å²) in [6.07, 6.45) is 4.46. The maximum absolute atomic E-state index is 10.2. The summed E-state index contributed by atoms with van der Waals surface area (Å²) in [5.74, 6) is 4.55. The van der Waals surface area contributed by atoms with Crippen molar-refractivity contribution in [3.63, 3.8) is 0 Å². The van der Waals surface area contributed by atoms with Gasteiger partial charge < -0.3 is 24.9 Å². The second kappa shape index (κ2) is 10.5. The zero-order chi connectivity index (χ0) is 24.2. The number of aromatic hydroxyl groups is 1. The summed E-state index contributed by atoms with van der Waals surface area (Å²) in [5, 5.41) is 13.8. The maximum Gasteiger partial charge on any atom is 0.215 e. The number of imidazole rings is 1. The number of benzene rings is 1. The SMILES string of the molecule is COc1ccc(CNC[C@@H]2C=C(C)[C@H](Cc3nc4nc(OC)ccc4[nH]3)C[C@H]2C(C)C)c(O)c1. The molecule has 7 nitrogen and oxygen atoms in total. The summed E-state index contributed by atoms with van der Waals surface area (Å²) in [7, 11) is 3.22. The van der Waals surface area contributed by atoms with Gasteiger partial charge in [-0.3, -0.25) is 0 Å². The van der Waals surface area contributed by atoms with Crippen molar-refractivity contribution in [1.82, 2.24) is 20.3 Å². The van der Waals surface area contributed by atoms with Gasteiger partial charge in [-0.05, 0) is 49.1 Å². The second-order valence-corrected chi connectivity index (χ2v) is 9.65. The average Bonchev–Trinajstić information content (AvgIpc) is 3.22. The van der Waals surface area contributed by atoms with Crippen LogP contribution in [0.25, 0.3) is 11.2 Å². The Morgan fingerprint density at radius 3 is 2.68 bits per heavy atom. The number of rotatable bonds is 9. The molecule has 0 unspecified atom stereocenters. The minimum atomic E-state index is 0.264. The van der Waals surface area contributed by atoms with Gasteiger partial charge in [0.25, 0.3) is 0 Å². The van der Waals surface area contributed by atoms with Crippen molar-refractivity contribution in [2.75, 3.05) is 20.8 Å². The highest BCUT2D eigenvalue weighted by Gasteiger charge is 2.32. The molecule has 34 heavy (non-hydrogen) atoms. The fourth-order valence-electron chi connectivity index (χ4n) is 5.07. The molecule has 182 valence electrons. The first kappa shape index (κ1) is 24.1. The molecule has 0 fully saturated rings. The quantitative estimate of drug-likeness (QED) is 0.392. The minimum Gasteiger partial charge on any atom is -0.507 e. The lowest BCUT2D eigenvalue weighted by Crippen LogP contribution is -2.34. The summed E-state index contributed by atoms with van der Waals surface area (Å²) < 4.78 is 10.4. The number of pyridine rings is 1. The van der Waals surface area contributed by atoms with Crippen molar-refractivity contribution >= 4 is 11.2 Å². The molecule has 2 heterocycles. The van der Waals surface area contributed by atoms with E-state index in [0.717, 1.165) is 36.3 Å². The van der Waals surface area contributed by atoms with Gasteiger partial charge in [0.2, 0.25) is 5.88 Å². The molecule has 3 aromatic rings. The van der Waals surface area contributed by atoms with E-state index in [0.29, 0.717) is 47.5 Å². The predicted molar refractivity (Wildman–Crippen MR) is 134 cm³/mol. The summed E-state index contributed by atoms with van der Waals surface area (Å²) in [6.45, 7) is 8.38. The molecule has 0 aliphatic heterocycles. The van der Waals surface area contributed by atoms with Crippen molar-refractivity contribution in [3.8, 4) is 17.4 Å². The molecule has 3 N–H and O–H groups in total. The number of nitrogens with one attached hydrogen (secondary N) is 2. The number of aromatic amines is 1. The van der Waals surface area contributed by atoms with Gasteiger partial charge in [0.15, 0.2) is 5.65 Å². The lowest BCUT2D eigenvalue weighted by atomic mass is 9.70. The number of H-pyrrole nitrogens is 1. The van der Waals surface area contributed by atoms with E-state index in [1.54, 1.807) is 20.3 Å². The Labute approximate surface area is 201 Å². The Bertz CT molecular complexity index is 1150. The molecule has 0 saturated carbocycles. The lowest BCUT2D eigenvalue weighted by Gasteiger charge is -2.37. The number of phenolic OH excluding ortho intramolecular Hbond substituents is 1. The monoisotopic (exact) mass is 464 g/mol. The van der Waals surface area contributed by atoms with Gasteiger partial charge in [0.05, 0.1) is 19.7 Å². The standard InChI is InChI=1S/C27H36N4O3/c1-16(2)22-11-19(12-25-29-23-8-9-26(34-5)31-27(23)30-25)17(3)10-20(22)15-28-14-18-6-7-21(33-4)13-24(18)32/h6-10,13,16,19-20,22,28,32H,11-12,14-15H2,1-5H3,(H,29,30,31)/t19-,20-,22-/m0/s1. The van der Waals surface area contributed by atoms with Gasteiger partial charge in [-0.25, -0.2) is 4.98 Å². The maximum atomic E-state index is 10.2. The van der Waals surface area contributed by atoms with Crippen LogP contribution in [0.15, 0.2) is 42.0 Å². The van der Waals surface area contributed by atoms with E-state index in [9.17, 15) is 5.11 Å². The number of phenols is 1. The van der Waals surface area contributed by atoms with Gasteiger partial charge in [0.1, 0.15) is 17.3 Å². The number of methoxy groups -OCH3 is 2. The molecule has 0 radical (unpaired) electrons. The molecule has 0 spiro atoms. The largest absolute Gasteiger partial charge is 0.507 e. The fourth-order valence-corrected chi connectivity index (χ4v) is 5.07. The van der Waals surface area contributed by atoms with E-state index in [1.807, 2.05) is 24.3 Å². The Balaban J connectivity index is 1.42. The Hall–Kier alpha value is -3.06. The Morgan fingerprint density at radius 1 is 1.15 bits per heavy atom. The molecule has 1 aliphatic rings. The van der Waals surface area contributed by atoms with Crippen LogP contribution >= 0.6 is 0 Å². The van der Waals surface area contributed by atoms with Crippen molar-refractivity contribution in [3.05, 3.63) is 53.4 Å². The van der Waals surface area contributed by atoms with Crippen LogP contribution in [0.1, 0.15) is 38.6 Å². The van der Waals surface area contributed by atoms with Crippen molar-refractivity contribution < 1.29 is 14.6 Å². The Kier molecular flexibility index (Phi) is 7.41. The molecule has 7 heteroatoms. The molecule has 1 aliphatic carbocycles. The average molecular weight is 465 g/mol. The van der Waals surface area contributed by atoms with E-state index < -0.39 is 0 Å². The number of fused-ring (bicyclic) bond motifs is 1. The summed E-state index contributed by atoms with van der Waals surface area (Å²) in [4.78, 5) is 12.6. The van der Waals surface area contributed by atoms with E-state index in [2.05, 4.69) is 42.1 Å². The minimum absolute atomic E-state index is 0.264. The number of ether oxygens (including phenoxy) is 2. The van der Waals surface area contributed by atoms with Gasteiger partial charge in [-0.15, -0.1) is 0 Å². The number of hydrogen-bond acceptors (Lipinski definition) is 6. The highest BCUT2D eigenvalue weighted by Crippen LogP contribution is 2.38. The number of nitrogens with zero attached hydrogens (tertiary/aromatic N) is 2. The van der Waals surface area contributed by atoms with Gasteiger partial charge in [-0.2, -0.15) is 4.98 Å². The highest BCUT2D eigenvalue weighted by molar-refractivity contribution is 5.71. The van der Waals surface area contributed by atoms with Crippen LogP contribution in [0, 0.1) is 23.7 Å². The van der Waals surface area contributed by atoms with Crippen LogP contribution in [0.5, 0.6) is 17.4 Å². The summed E-state index contributed by atoms with van der Waals surface area (Å²) >= 11 is 0. The van der Waals surface area contributed by atoms with E-state index in [-0.39, 0.29) is 5.75 Å². The fraction of sp³-hybridized carbons (Fsp3) is 0.481. The Morgan fingerprint density at radius 2 is 1.97 bits per heavy atom. The molecule has 0 bridgehead atoms. The van der Waals surface area contributed by atoms with Crippen LogP contribution in [0.2, 0.25) is 0 Å². The molecule has 0 amide bonds. The molecular weight excluding hydrogens is 428 g/mol. The first-order chi connectivity index (χ1) is 16.4.